The zero-order chi connectivity index (χ0) is 21.8. The summed E-state index contributed by atoms with van der Waals surface area (Å²) >= 11 is 0. The van der Waals surface area contributed by atoms with Gasteiger partial charge in [-0.25, -0.2) is 8.42 Å². The standard InChI is InChI=1S/C20H22N2O7S/c1-28-13-10-16-8-5-9-17(18(16)22(24)25)21-30(26,27)20(11-12-20)19(23)29-14-15-6-3-2-4-7-15/h2-9,21H,10-14H2,1H3. The number of ether oxygens (including phenoxy) is 2. The Labute approximate surface area is 174 Å². The summed E-state index contributed by atoms with van der Waals surface area (Å²) in [4.78, 5) is 23.5. The lowest BCUT2D eigenvalue weighted by Crippen LogP contribution is -2.38. The SMILES string of the molecule is COCCc1cccc(NS(=O)(=O)C2(C(=O)OCc3ccccc3)CC2)c1[N+](=O)[O-]. The molecular weight excluding hydrogens is 412 g/mol. The average Bonchev–Trinajstić information content (AvgIpc) is 3.53. The molecule has 0 spiro atoms. The van der Waals surface area contributed by atoms with Crippen LogP contribution in [-0.4, -0.2) is 37.8 Å². The number of nitrogens with one attached hydrogen (secondary N) is 1. The minimum absolute atomic E-state index is 0.0520. The summed E-state index contributed by atoms with van der Waals surface area (Å²) in [5, 5.41) is 11.6. The molecule has 0 unspecified atom stereocenters. The maximum atomic E-state index is 13.0. The van der Waals surface area contributed by atoms with E-state index in [4.69, 9.17) is 9.47 Å². The van der Waals surface area contributed by atoms with Gasteiger partial charge in [-0.1, -0.05) is 42.5 Å². The van der Waals surface area contributed by atoms with Gasteiger partial charge in [-0.3, -0.25) is 19.6 Å². The molecule has 0 radical (unpaired) electrons. The van der Waals surface area contributed by atoms with Crippen LogP contribution in [0.5, 0.6) is 0 Å². The molecule has 1 aliphatic carbocycles. The number of carbonyl (C=O) groups is 1. The van der Waals surface area contributed by atoms with E-state index in [0.29, 0.717) is 5.56 Å². The molecular formula is C20H22N2O7S. The highest BCUT2D eigenvalue weighted by atomic mass is 32.2. The van der Waals surface area contributed by atoms with Crippen molar-refractivity contribution in [3.63, 3.8) is 0 Å². The first-order valence-corrected chi connectivity index (χ1v) is 10.8. The summed E-state index contributed by atoms with van der Waals surface area (Å²) in [7, 11) is -2.79. The lowest BCUT2D eigenvalue weighted by Gasteiger charge is -2.17. The van der Waals surface area contributed by atoms with E-state index in [1.807, 2.05) is 6.07 Å². The minimum atomic E-state index is -4.26. The molecule has 1 saturated carbocycles. The number of methoxy groups -OCH3 is 1. The predicted octanol–water partition coefficient (Wildman–Crippen LogP) is 2.80. The minimum Gasteiger partial charge on any atom is -0.460 e. The van der Waals surface area contributed by atoms with Crippen molar-refractivity contribution in [2.24, 2.45) is 0 Å². The Hall–Kier alpha value is -2.98. The van der Waals surface area contributed by atoms with Crippen molar-refractivity contribution in [1.82, 2.24) is 0 Å². The number of anilines is 1. The molecule has 1 fully saturated rings. The number of nitro benzene ring substituents is 1. The number of rotatable bonds is 10. The largest absolute Gasteiger partial charge is 0.460 e. The molecule has 0 saturated heterocycles. The zero-order valence-corrected chi connectivity index (χ0v) is 17.2. The van der Waals surface area contributed by atoms with Crippen molar-refractivity contribution in [2.45, 2.75) is 30.6 Å². The molecule has 2 aromatic rings. The fourth-order valence-corrected chi connectivity index (χ4v) is 4.66. The quantitative estimate of drug-likeness (QED) is 0.346. The molecule has 0 aliphatic heterocycles. The number of carbonyl (C=O) groups excluding carboxylic acids is 1. The van der Waals surface area contributed by atoms with E-state index in [-0.39, 0.29) is 43.9 Å². The van der Waals surface area contributed by atoms with Crippen LogP contribution in [0.25, 0.3) is 0 Å². The Morgan fingerprint density at radius 2 is 1.87 bits per heavy atom. The summed E-state index contributed by atoms with van der Waals surface area (Å²) < 4.78 is 36.7. The van der Waals surface area contributed by atoms with E-state index in [9.17, 15) is 23.3 Å². The molecule has 0 heterocycles. The molecule has 3 rings (SSSR count). The summed E-state index contributed by atoms with van der Waals surface area (Å²) in [5.41, 5.74) is 0.523. The van der Waals surface area contributed by atoms with Crippen LogP contribution < -0.4 is 4.72 Å². The maximum Gasteiger partial charge on any atom is 0.329 e. The highest BCUT2D eigenvalue weighted by molar-refractivity contribution is 7.95. The van der Waals surface area contributed by atoms with E-state index in [1.165, 1.54) is 25.3 Å². The van der Waals surface area contributed by atoms with Gasteiger partial charge >= 0.3 is 5.97 Å². The summed E-state index contributed by atoms with van der Waals surface area (Å²) in [6, 6.07) is 13.3. The van der Waals surface area contributed by atoms with Crippen LogP contribution in [0.3, 0.4) is 0 Å². The van der Waals surface area contributed by atoms with E-state index < -0.39 is 25.7 Å². The zero-order valence-electron chi connectivity index (χ0n) is 16.4. The van der Waals surface area contributed by atoms with Crippen LogP contribution >= 0.6 is 0 Å². The fraction of sp³-hybridized carbons (Fsp3) is 0.350. The third-order valence-electron chi connectivity index (χ3n) is 4.93. The Kier molecular flexibility index (Phi) is 6.37. The average molecular weight is 434 g/mol. The van der Waals surface area contributed by atoms with Gasteiger partial charge in [0.25, 0.3) is 5.69 Å². The molecule has 0 bridgehead atoms. The maximum absolute atomic E-state index is 13.0. The Bertz CT molecular complexity index is 1030. The number of benzene rings is 2. The normalized spacial score (nSPS) is 14.7. The van der Waals surface area contributed by atoms with Gasteiger partial charge in [0, 0.05) is 19.1 Å². The molecule has 1 aliphatic rings. The molecule has 0 atom stereocenters. The Morgan fingerprint density at radius 1 is 1.17 bits per heavy atom. The van der Waals surface area contributed by atoms with Crippen LogP contribution in [0, 0.1) is 10.1 Å². The number of hydrogen-bond donors (Lipinski definition) is 1. The van der Waals surface area contributed by atoms with Crippen molar-refractivity contribution in [1.29, 1.82) is 0 Å². The van der Waals surface area contributed by atoms with Crippen molar-refractivity contribution in [3.05, 3.63) is 69.8 Å². The topological polar surface area (TPSA) is 125 Å². The van der Waals surface area contributed by atoms with Crippen molar-refractivity contribution in [2.75, 3.05) is 18.4 Å². The highest BCUT2D eigenvalue weighted by Gasteiger charge is 2.63. The second-order valence-corrected chi connectivity index (χ2v) is 8.97. The summed E-state index contributed by atoms with van der Waals surface area (Å²) in [6.45, 7) is 0.191. The first kappa shape index (κ1) is 21.7. The molecule has 1 N–H and O–H groups in total. The molecule has 2 aromatic carbocycles. The van der Waals surface area contributed by atoms with Gasteiger partial charge < -0.3 is 9.47 Å². The number of hydrogen-bond acceptors (Lipinski definition) is 7. The Morgan fingerprint density at radius 3 is 2.47 bits per heavy atom. The van der Waals surface area contributed by atoms with Gasteiger partial charge in [-0.2, -0.15) is 0 Å². The number of para-hydroxylation sites is 1. The van der Waals surface area contributed by atoms with Crippen LogP contribution in [0.1, 0.15) is 24.0 Å². The van der Waals surface area contributed by atoms with Gasteiger partial charge in [0.2, 0.25) is 10.0 Å². The van der Waals surface area contributed by atoms with Crippen molar-refractivity contribution >= 4 is 27.4 Å². The van der Waals surface area contributed by atoms with E-state index >= 15 is 0 Å². The number of esters is 1. The van der Waals surface area contributed by atoms with Crippen molar-refractivity contribution in [3.8, 4) is 0 Å². The molecule has 0 aromatic heterocycles. The van der Waals surface area contributed by atoms with Crippen LogP contribution in [0.15, 0.2) is 48.5 Å². The lowest BCUT2D eigenvalue weighted by molar-refractivity contribution is -0.384. The summed E-state index contributed by atoms with van der Waals surface area (Å²) in [6.07, 6.45) is 0.423. The van der Waals surface area contributed by atoms with E-state index in [1.54, 1.807) is 24.3 Å². The predicted molar refractivity (Wildman–Crippen MR) is 109 cm³/mol. The second kappa shape index (κ2) is 8.80. The van der Waals surface area contributed by atoms with Crippen molar-refractivity contribution < 1.29 is 27.6 Å². The smallest absolute Gasteiger partial charge is 0.329 e. The number of nitro groups is 1. The fourth-order valence-electron chi connectivity index (χ4n) is 3.10. The molecule has 160 valence electrons. The van der Waals surface area contributed by atoms with E-state index in [2.05, 4.69) is 4.72 Å². The molecule has 0 amide bonds. The Balaban J connectivity index is 1.80. The third-order valence-corrected chi connectivity index (χ3v) is 7.02. The van der Waals surface area contributed by atoms with Crippen LogP contribution in [0.4, 0.5) is 11.4 Å². The second-order valence-electron chi connectivity index (χ2n) is 6.97. The first-order chi connectivity index (χ1) is 14.3. The molecule has 9 nitrogen and oxygen atoms in total. The van der Waals surface area contributed by atoms with Gasteiger partial charge in [0.15, 0.2) is 4.75 Å². The first-order valence-electron chi connectivity index (χ1n) is 9.29. The van der Waals surface area contributed by atoms with Gasteiger partial charge in [0.1, 0.15) is 12.3 Å². The van der Waals surface area contributed by atoms with Gasteiger partial charge in [-0.15, -0.1) is 0 Å². The summed E-state index contributed by atoms with van der Waals surface area (Å²) in [5.74, 6) is -0.864. The monoisotopic (exact) mass is 434 g/mol. The molecule has 30 heavy (non-hydrogen) atoms. The number of sulfonamides is 1. The number of nitrogens with zero attached hydrogens (tertiary/aromatic N) is 1. The molecule has 10 heteroatoms. The lowest BCUT2D eigenvalue weighted by atomic mass is 10.1. The van der Waals surface area contributed by atoms with Gasteiger partial charge in [0.05, 0.1) is 11.5 Å². The van der Waals surface area contributed by atoms with Crippen LogP contribution in [-0.2, 0) is 37.3 Å². The van der Waals surface area contributed by atoms with Crippen LogP contribution in [0.2, 0.25) is 0 Å². The highest BCUT2D eigenvalue weighted by Crippen LogP contribution is 2.46. The third kappa shape index (κ3) is 4.44. The van der Waals surface area contributed by atoms with E-state index in [0.717, 1.165) is 5.56 Å². The van der Waals surface area contributed by atoms with Gasteiger partial charge in [-0.05, 0) is 24.5 Å².